The number of thiophene rings is 1. The van der Waals surface area contributed by atoms with Gasteiger partial charge < -0.3 is 19.6 Å². The largest absolute Gasteiger partial charge is 0.452 e. The first kappa shape index (κ1) is 12.7. The molecule has 0 unspecified atom stereocenters. The number of hydrogen-bond donors (Lipinski definition) is 0. The van der Waals surface area contributed by atoms with Crippen molar-refractivity contribution in [1.82, 2.24) is 9.78 Å². The average molecular weight is 293 g/mol. The fourth-order valence-electron chi connectivity index (χ4n) is 1.86. The second-order valence-electron chi connectivity index (χ2n) is 4.35. The molecule has 0 radical (unpaired) electrons. The summed E-state index contributed by atoms with van der Waals surface area (Å²) in [4.78, 5) is 12.0. The van der Waals surface area contributed by atoms with Gasteiger partial charge in [-0.15, -0.1) is 11.3 Å². The summed E-state index contributed by atoms with van der Waals surface area (Å²) in [6, 6.07) is 5.23. The van der Waals surface area contributed by atoms with Crippen LogP contribution in [0.25, 0.3) is 0 Å². The Kier molecular flexibility index (Phi) is 2.94. The summed E-state index contributed by atoms with van der Waals surface area (Å²) in [5.74, 6) is -0.931. The highest BCUT2D eigenvalue weighted by Crippen LogP contribution is 2.36. The van der Waals surface area contributed by atoms with Gasteiger partial charge in [-0.05, 0) is 17.1 Å². The minimum Gasteiger partial charge on any atom is -0.452 e. The molecule has 1 aliphatic heterocycles. The highest BCUT2D eigenvalue weighted by Gasteiger charge is 2.33. The van der Waals surface area contributed by atoms with E-state index < -0.39 is 10.7 Å². The minimum absolute atomic E-state index is 0.152. The Morgan fingerprint density at radius 3 is 2.80 bits per heavy atom. The molecule has 2 aromatic rings. The fraction of sp³-hybridized carbons (Fsp3) is 0.250. The van der Waals surface area contributed by atoms with Crippen LogP contribution in [0.1, 0.15) is 16.7 Å². The molecule has 104 valence electrons. The zero-order valence-corrected chi connectivity index (χ0v) is 11.4. The fourth-order valence-corrected chi connectivity index (χ4v) is 2.90. The van der Waals surface area contributed by atoms with Crippen molar-refractivity contribution in [3.8, 4) is 0 Å². The van der Waals surface area contributed by atoms with Crippen molar-refractivity contribution < 1.29 is 14.4 Å². The van der Waals surface area contributed by atoms with Gasteiger partial charge in [0.1, 0.15) is 12.5 Å². The summed E-state index contributed by atoms with van der Waals surface area (Å²) in [6.07, 6.45) is 4.61. The molecule has 0 aromatic carbocycles. The minimum atomic E-state index is -0.779. The summed E-state index contributed by atoms with van der Waals surface area (Å²) in [5.41, 5.74) is 0. The molecule has 20 heavy (non-hydrogen) atoms. The Labute approximate surface area is 118 Å². The maximum Gasteiger partial charge on any atom is 0.389 e. The van der Waals surface area contributed by atoms with Gasteiger partial charge in [0.25, 0.3) is 5.79 Å². The van der Waals surface area contributed by atoms with E-state index in [1.807, 2.05) is 19.1 Å². The molecule has 0 saturated heterocycles. The van der Waals surface area contributed by atoms with E-state index in [0.29, 0.717) is 6.54 Å². The Hall–Kier alpha value is -2.35. The molecular weight excluding hydrogens is 282 g/mol. The lowest BCUT2D eigenvalue weighted by molar-refractivity contribution is -0.389. The number of nitrogens with zero attached hydrogens (tertiary/aromatic N) is 3. The lowest BCUT2D eigenvalue weighted by Gasteiger charge is -2.20. The molecule has 0 fully saturated rings. The van der Waals surface area contributed by atoms with Crippen molar-refractivity contribution in [1.29, 1.82) is 0 Å². The number of hydrogen-bond acceptors (Lipinski definition) is 6. The summed E-state index contributed by atoms with van der Waals surface area (Å²) in [6.45, 7) is 2.31. The maximum atomic E-state index is 10.6. The Morgan fingerprint density at radius 2 is 2.15 bits per heavy atom. The van der Waals surface area contributed by atoms with Crippen LogP contribution in [-0.4, -0.2) is 14.7 Å². The molecule has 3 heterocycles. The van der Waals surface area contributed by atoms with Crippen molar-refractivity contribution >= 4 is 17.2 Å². The van der Waals surface area contributed by atoms with Crippen molar-refractivity contribution in [2.24, 2.45) is 0 Å². The third kappa shape index (κ3) is 2.25. The van der Waals surface area contributed by atoms with Crippen molar-refractivity contribution in [3.63, 3.8) is 0 Å². The number of aromatic nitrogens is 2. The van der Waals surface area contributed by atoms with Crippen LogP contribution < -0.4 is 0 Å². The highest BCUT2D eigenvalue weighted by molar-refractivity contribution is 7.12. The molecule has 0 amide bonds. The van der Waals surface area contributed by atoms with Gasteiger partial charge in [-0.1, -0.05) is 0 Å². The zero-order valence-electron chi connectivity index (χ0n) is 10.6. The van der Waals surface area contributed by atoms with Gasteiger partial charge in [-0.2, -0.15) is 4.68 Å². The molecule has 3 rings (SSSR count). The van der Waals surface area contributed by atoms with Gasteiger partial charge in [0, 0.05) is 11.8 Å². The van der Waals surface area contributed by atoms with Crippen LogP contribution in [0.15, 0.2) is 36.9 Å². The molecule has 0 atom stereocenters. The first-order chi connectivity index (χ1) is 9.57. The normalized spacial score (nSPS) is 15.8. The number of ether oxygens (including phenoxy) is 2. The number of nitro groups is 1. The van der Waals surface area contributed by atoms with Gasteiger partial charge in [-0.25, -0.2) is 0 Å². The van der Waals surface area contributed by atoms with E-state index >= 15 is 0 Å². The summed E-state index contributed by atoms with van der Waals surface area (Å²) in [5, 5.41) is 14.5. The predicted octanol–water partition coefficient (Wildman–Crippen LogP) is 2.59. The van der Waals surface area contributed by atoms with E-state index in [1.165, 1.54) is 34.6 Å². The molecule has 0 saturated carbocycles. The van der Waals surface area contributed by atoms with Gasteiger partial charge in [0.2, 0.25) is 0 Å². The Bertz CT molecular complexity index is 668. The monoisotopic (exact) mass is 293 g/mol. The van der Waals surface area contributed by atoms with E-state index in [4.69, 9.17) is 9.47 Å². The topological polar surface area (TPSA) is 79.4 Å². The van der Waals surface area contributed by atoms with E-state index in [9.17, 15) is 10.1 Å². The van der Waals surface area contributed by atoms with Crippen molar-refractivity contribution in [2.45, 2.75) is 19.3 Å². The zero-order chi connectivity index (χ0) is 14.2. The average Bonchev–Trinajstić information content (AvgIpc) is 3.10. The number of rotatable bonds is 4. The molecule has 0 bridgehead atoms. The quantitative estimate of drug-likeness (QED) is 0.639. The second-order valence-corrected chi connectivity index (χ2v) is 5.52. The lowest BCUT2D eigenvalue weighted by Crippen LogP contribution is -2.20. The van der Waals surface area contributed by atoms with E-state index in [2.05, 4.69) is 5.10 Å². The predicted molar refractivity (Wildman–Crippen MR) is 71.0 cm³/mol. The Morgan fingerprint density at radius 1 is 1.40 bits per heavy atom. The molecule has 7 nitrogen and oxygen atoms in total. The maximum absolute atomic E-state index is 10.6. The second kappa shape index (κ2) is 4.64. The summed E-state index contributed by atoms with van der Waals surface area (Å²) in [7, 11) is 0. The van der Waals surface area contributed by atoms with Crippen LogP contribution in [0.5, 0.6) is 0 Å². The van der Waals surface area contributed by atoms with Gasteiger partial charge in [-0.3, -0.25) is 0 Å². The van der Waals surface area contributed by atoms with Crippen LogP contribution in [-0.2, 0) is 21.8 Å². The van der Waals surface area contributed by atoms with E-state index in [0.717, 1.165) is 9.75 Å². The van der Waals surface area contributed by atoms with Crippen molar-refractivity contribution in [2.75, 3.05) is 0 Å². The molecule has 0 spiro atoms. The van der Waals surface area contributed by atoms with Gasteiger partial charge in [0.15, 0.2) is 0 Å². The standard InChI is InChI=1S/C12H11N3O4S/c1-12(18-6-7-19-12)10-3-2-9(20-10)8-14-5-4-11(13-14)15(16)17/h2-7H,8H2,1H3. The lowest BCUT2D eigenvalue weighted by atomic mass is 10.2. The summed E-state index contributed by atoms with van der Waals surface area (Å²) < 4.78 is 12.4. The molecule has 0 aliphatic carbocycles. The van der Waals surface area contributed by atoms with Gasteiger partial charge >= 0.3 is 5.82 Å². The first-order valence-electron chi connectivity index (χ1n) is 5.84. The molecule has 2 aromatic heterocycles. The van der Waals surface area contributed by atoms with Gasteiger partial charge in [0.05, 0.1) is 28.8 Å². The highest BCUT2D eigenvalue weighted by atomic mass is 32.1. The van der Waals surface area contributed by atoms with E-state index in [1.54, 1.807) is 6.20 Å². The SMILES string of the molecule is CC1(c2ccc(Cn3ccc([N+](=O)[O-])n3)s2)OC=CO1. The molecule has 0 N–H and O–H groups in total. The van der Waals surface area contributed by atoms with Crippen LogP contribution in [0, 0.1) is 10.1 Å². The smallest absolute Gasteiger partial charge is 0.389 e. The summed E-state index contributed by atoms with van der Waals surface area (Å²) >= 11 is 1.52. The Balaban J connectivity index is 1.75. The van der Waals surface area contributed by atoms with Crippen LogP contribution in [0.3, 0.4) is 0 Å². The molecular formula is C12H11N3O4S. The van der Waals surface area contributed by atoms with E-state index in [-0.39, 0.29) is 5.82 Å². The van der Waals surface area contributed by atoms with Crippen LogP contribution in [0.2, 0.25) is 0 Å². The third-order valence-corrected chi connectivity index (χ3v) is 4.14. The third-order valence-electron chi connectivity index (χ3n) is 2.88. The van der Waals surface area contributed by atoms with Crippen LogP contribution >= 0.6 is 11.3 Å². The van der Waals surface area contributed by atoms with Crippen LogP contribution in [0.4, 0.5) is 5.82 Å². The first-order valence-corrected chi connectivity index (χ1v) is 6.66. The van der Waals surface area contributed by atoms with Crippen molar-refractivity contribution in [3.05, 3.63) is 56.8 Å². The molecule has 8 heteroatoms. The molecule has 1 aliphatic rings.